The standard InChI is InChI=1S/C15H15N3S/c1-2-16-15(14-9-19-10-18-14)12-6-5-11-4-3-7-17-13(11)8-12/h3-10,15-16H,2H2,1H3. The second-order valence-electron chi connectivity index (χ2n) is 4.36. The first-order valence-corrected chi connectivity index (χ1v) is 7.29. The lowest BCUT2D eigenvalue weighted by atomic mass is 10.0. The zero-order valence-corrected chi connectivity index (χ0v) is 11.5. The van der Waals surface area contributed by atoms with Crippen LogP contribution in [0.2, 0.25) is 0 Å². The van der Waals surface area contributed by atoms with Crippen molar-refractivity contribution < 1.29 is 0 Å². The highest BCUT2D eigenvalue weighted by atomic mass is 32.1. The van der Waals surface area contributed by atoms with E-state index >= 15 is 0 Å². The Labute approximate surface area is 116 Å². The van der Waals surface area contributed by atoms with E-state index in [1.165, 1.54) is 10.9 Å². The monoisotopic (exact) mass is 269 g/mol. The van der Waals surface area contributed by atoms with Gasteiger partial charge in [0.15, 0.2) is 0 Å². The van der Waals surface area contributed by atoms with Crippen LogP contribution in [0, 0.1) is 0 Å². The molecule has 1 unspecified atom stereocenters. The van der Waals surface area contributed by atoms with E-state index in [9.17, 15) is 0 Å². The van der Waals surface area contributed by atoms with Crippen LogP contribution in [0.15, 0.2) is 47.4 Å². The Morgan fingerprint density at radius 2 is 2.21 bits per heavy atom. The second-order valence-corrected chi connectivity index (χ2v) is 5.08. The number of nitrogens with zero attached hydrogens (tertiary/aromatic N) is 2. The number of hydrogen-bond donors (Lipinski definition) is 1. The Hall–Kier alpha value is -1.78. The summed E-state index contributed by atoms with van der Waals surface area (Å²) in [5, 5.41) is 6.74. The fourth-order valence-electron chi connectivity index (χ4n) is 2.22. The summed E-state index contributed by atoms with van der Waals surface area (Å²) < 4.78 is 0. The number of rotatable bonds is 4. The first-order chi connectivity index (χ1) is 9.38. The fraction of sp³-hybridized carbons (Fsp3) is 0.200. The molecule has 0 fully saturated rings. The molecule has 0 aliphatic rings. The van der Waals surface area contributed by atoms with E-state index in [0.29, 0.717) is 0 Å². The summed E-state index contributed by atoms with van der Waals surface area (Å²) in [6.45, 7) is 3.01. The molecule has 0 spiro atoms. The maximum absolute atomic E-state index is 4.43. The van der Waals surface area contributed by atoms with Gasteiger partial charge < -0.3 is 5.32 Å². The molecule has 96 valence electrons. The molecule has 0 aliphatic carbocycles. The fourth-order valence-corrected chi connectivity index (χ4v) is 2.80. The number of benzene rings is 1. The summed E-state index contributed by atoms with van der Waals surface area (Å²) in [5.74, 6) is 0. The number of thiazole rings is 1. The summed E-state index contributed by atoms with van der Waals surface area (Å²) in [6.07, 6.45) is 1.83. The molecule has 4 heteroatoms. The van der Waals surface area contributed by atoms with E-state index in [0.717, 1.165) is 17.8 Å². The molecular weight excluding hydrogens is 254 g/mol. The van der Waals surface area contributed by atoms with Crippen LogP contribution in [0.3, 0.4) is 0 Å². The molecule has 2 aromatic heterocycles. The minimum Gasteiger partial charge on any atom is -0.305 e. The maximum Gasteiger partial charge on any atom is 0.0795 e. The van der Waals surface area contributed by atoms with E-state index in [2.05, 4.69) is 51.9 Å². The topological polar surface area (TPSA) is 37.8 Å². The Balaban J connectivity index is 2.05. The van der Waals surface area contributed by atoms with E-state index in [1.807, 2.05) is 17.8 Å². The van der Waals surface area contributed by atoms with Gasteiger partial charge in [-0.25, -0.2) is 4.98 Å². The molecule has 1 atom stereocenters. The van der Waals surface area contributed by atoms with Gasteiger partial charge in [-0.15, -0.1) is 11.3 Å². The molecule has 0 saturated heterocycles. The van der Waals surface area contributed by atoms with Crippen molar-refractivity contribution in [2.75, 3.05) is 6.54 Å². The average molecular weight is 269 g/mol. The highest BCUT2D eigenvalue weighted by Gasteiger charge is 2.15. The van der Waals surface area contributed by atoms with Gasteiger partial charge in [-0.1, -0.05) is 25.1 Å². The molecule has 0 saturated carbocycles. The SMILES string of the molecule is CCNC(c1ccc2cccnc2c1)c1cscn1. The number of hydrogen-bond acceptors (Lipinski definition) is 4. The van der Waals surface area contributed by atoms with Crippen molar-refractivity contribution in [2.45, 2.75) is 13.0 Å². The van der Waals surface area contributed by atoms with Gasteiger partial charge in [0.05, 0.1) is 22.8 Å². The van der Waals surface area contributed by atoms with Crippen molar-refractivity contribution in [3.63, 3.8) is 0 Å². The molecule has 0 aliphatic heterocycles. The van der Waals surface area contributed by atoms with E-state index in [-0.39, 0.29) is 6.04 Å². The van der Waals surface area contributed by atoms with E-state index in [1.54, 1.807) is 11.3 Å². The number of pyridine rings is 1. The third kappa shape index (κ3) is 2.50. The molecule has 0 radical (unpaired) electrons. The largest absolute Gasteiger partial charge is 0.305 e. The lowest BCUT2D eigenvalue weighted by Gasteiger charge is -2.16. The smallest absolute Gasteiger partial charge is 0.0795 e. The van der Waals surface area contributed by atoms with Crippen LogP contribution in [-0.4, -0.2) is 16.5 Å². The van der Waals surface area contributed by atoms with Crippen LogP contribution < -0.4 is 5.32 Å². The third-order valence-corrected chi connectivity index (χ3v) is 3.72. The predicted octanol–water partition coefficient (Wildman–Crippen LogP) is 3.39. The molecular formula is C15H15N3S. The number of fused-ring (bicyclic) bond motifs is 1. The van der Waals surface area contributed by atoms with E-state index < -0.39 is 0 Å². The van der Waals surface area contributed by atoms with Crippen molar-refractivity contribution >= 4 is 22.2 Å². The van der Waals surface area contributed by atoms with Gasteiger partial charge >= 0.3 is 0 Å². The zero-order chi connectivity index (χ0) is 13.1. The quantitative estimate of drug-likeness (QED) is 0.789. The summed E-state index contributed by atoms with van der Waals surface area (Å²) in [4.78, 5) is 8.85. The van der Waals surface area contributed by atoms with Gasteiger partial charge in [0.2, 0.25) is 0 Å². The van der Waals surface area contributed by atoms with Crippen LogP contribution in [0.25, 0.3) is 10.9 Å². The molecule has 3 rings (SSSR count). The van der Waals surface area contributed by atoms with Gasteiger partial charge in [-0.05, 0) is 24.2 Å². The van der Waals surface area contributed by atoms with Gasteiger partial charge in [0.25, 0.3) is 0 Å². The summed E-state index contributed by atoms with van der Waals surface area (Å²) in [6, 6.07) is 10.6. The number of aromatic nitrogens is 2. The Bertz CT molecular complexity index is 664. The molecule has 2 heterocycles. The van der Waals surface area contributed by atoms with Crippen molar-refractivity contribution in [1.82, 2.24) is 15.3 Å². The van der Waals surface area contributed by atoms with Gasteiger partial charge in [0.1, 0.15) is 0 Å². The number of nitrogens with one attached hydrogen (secondary N) is 1. The lowest BCUT2D eigenvalue weighted by molar-refractivity contribution is 0.619. The first-order valence-electron chi connectivity index (χ1n) is 6.34. The average Bonchev–Trinajstić information content (AvgIpc) is 2.98. The normalized spacial score (nSPS) is 12.7. The summed E-state index contributed by atoms with van der Waals surface area (Å²) >= 11 is 1.63. The van der Waals surface area contributed by atoms with Gasteiger partial charge in [-0.3, -0.25) is 4.98 Å². The highest BCUT2D eigenvalue weighted by molar-refractivity contribution is 7.07. The van der Waals surface area contributed by atoms with Crippen LogP contribution in [0.1, 0.15) is 24.2 Å². The molecule has 19 heavy (non-hydrogen) atoms. The van der Waals surface area contributed by atoms with Crippen LogP contribution >= 0.6 is 11.3 Å². The molecule has 1 N–H and O–H groups in total. The van der Waals surface area contributed by atoms with Crippen molar-refractivity contribution in [3.05, 3.63) is 58.7 Å². The summed E-state index contributed by atoms with van der Waals surface area (Å²) in [5.41, 5.74) is 5.18. The Morgan fingerprint density at radius 3 is 3.00 bits per heavy atom. The highest BCUT2D eigenvalue weighted by Crippen LogP contribution is 2.24. The molecule has 3 aromatic rings. The van der Waals surface area contributed by atoms with Gasteiger partial charge in [-0.2, -0.15) is 0 Å². The second kappa shape index (κ2) is 5.47. The minimum absolute atomic E-state index is 0.141. The predicted molar refractivity (Wildman–Crippen MR) is 79.4 cm³/mol. The Kier molecular flexibility index (Phi) is 3.53. The summed E-state index contributed by atoms with van der Waals surface area (Å²) in [7, 11) is 0. The molecule has 0 amide bonds. The van der Waals surface area contributed by atoms with Crippen LogP contribution in [0.4, 0.5) is 0 Å². The zero-order valence-electron chi connectivity index (χ0n) is 10.7. The minimum atomic E-state index is 0.141. The maximum atomic E-state index is 4.43. The first kappa shape index (κ1) is 12.3. The Morgan fingerprint density at radius 1 is 1.26 bits per heavy atom. The van der Waals surface area contributed by atoms with Crippen LogP contribution in [-0.2, 0) is 0 Å². The lowest BCUT2D eigenvalue weighted by Crippen LogP contribution is -2.22. The molecule has 3 nitrogen and oxygen atoms in total. The van der Waals surface area contributed by atoms with Crippen molar-refractivity contribution in [1.29, 1.82) is 0 Å². The van der Waals surface area contributed by atoms with Crippen LogP contribution in [0.5, 0.6) is 0 Å². The van der Waals surface area contributed by atoms with Crippen molar-refractivity contribution in [2.24, 2.45) is 0 Å². The third-order valence-electron chi connectivity index (χ3n) is 3.12. The molecule has 1 aromatic carbocycles. The van der Waals surface area contributed by atoms with Crippen molar-refractivity contribution in [3.8, 4) is 0 Å². The van der Waals surface area contributed by atoms with Gasteiger partial charge in [0, 0.05) is 17.0 Å². The van der Waals surface area contributed by atoms with E-state index in [4.69, 9.17) is 0 Å². The molecule has 0 bridgehead atoms.